The molecule has 5 rings (SSSR count). The van der Waals surface area contributed by atoms with Crippen molar-refractivity contribution in [2.45, 2.75) is 31.2 Å². The lowest BCUT2D eigenvalue weighted by molar-refractivity contribution is 0.393. The Bertz CT molecular complexity index is 1540. The Balaban J connectivity index is 1.54. The highest BCUT2D eigenvalue weighted by Crippen LogP contribution is 2.30. The summed E-state index contributed by atoms with van der Waals surface area (Å²) >= 11 is 0. The summed E-state index contributed by atoms with van der Waals surface area (Å²) in [7, 11) is -1.73. The molecule has 0 aliphatic carbocycles. The highest BCUT2D eigenvalue weighted by molar-refractivity contribution is 7.89. The van der Waals surface area contributed by atoms with E-state index in [-0.39, 0.29) is 16.5 Å². The number of aromatic nitrogens is 2. The molecule has 1 saturated heterocycles. The highest BCUT2D eigenvalue weighted by Gasteiger charge is 2.25. The van der Waals surface area contributed by atoms with Gasteiger partial charge >= 0.3 is 0 Å². The van der Waals surface area contributed by atoms with Crippen LogP contribution in [-0.4, -0.2) is 49.6 Å². The number of pyridine rings is 1. The first-order chi connectivity index (χ1) is 16.2. The van der Waals surface area contributed by atoms with Gasteiger partial charge in [-0.2, -0.15) is 0 Å². The van der Waals surface area contributed by atoms with E-state index in [1.165, 1.54) is 0 Å². The van der Waals surface area contributed by atoms with Crippen molar-refractivity contribution >= 4 is 20.9 Å². The average molecular weight is 479 g/mol. The van der Waals surface area contributed by atoms with Crippen molar-refractivity contribution in [3.8, 4) is 22.3 Å². The highest BCUT2D eigenvalue weighted by atomic mass is 32.2. The second kappa shape index (κ2) is 8.50. The zero-order chi connectivity index (χ0) is 24.0. The first-order valence-corrected chi connectivity index (χ1v) is 12.6. The maximum absolute atomic E-state index is 13.0. The van der Waals surface area contributed by atoms with Gasteiger partial charge in [0, 0.05) is 29.2 Å². The van der Waals surface area contributed by atoms with Gasteiger partial charge in [-0.25, -0.2) is 13.1 Å². The van der Waals surface area contributed by atoms with Crippen molar-refractivity contribution in [1.29, 1.82) is 0 Å². The third kappa shape index (κ3) is 4.18. The molecule has 0 radical (unpaired) electrons. The Morgan fingerprint density at radius 3 is 2.65 bits per heavy atom. The third-order valence-electron chi connectivity index (χ3n) is 6.33. The van der Waals surface area contributed by atoms with Crippen LogP contribution in [-0.2, 0) is 10.0 Å². The van der Waals surface area contributed by atoms with Crippen LogP contribution in [0.2, 0.25) is 0 Å². The number of nitrogens with zero attached hydrogens (tertiary/aromatic N) is 2. The molecular weight excluding hydrogens is 452 g/mol. The molecule has 2 aromatic carbocycles. The first-order valence-electron chi connectivity index (χ1n) is 11.1. The molecule has 0 amide bonds. The van der Waals surface area contributed by atoms with Gasteiger partial charge in [0.15, 0.2) is 0 Å². The minimum absolute atomic E-state index is 0.120. The van der Waals surface area contributed by atoms with E-state index in [1.54, 1.807) is 30.3 Å². The van der Waals surface area contributed by atoms with Gasteiger partial charge in [-0.1, -0.05) is 23.4 Å². The molecule has 34 heavy (non-hydrogen) atoms. The SMILES string of the molecule is Cc1noc(C)c1-c1ccc2[nH]c(=O)c(-c3cccc(S(=O)(=O)NC4CCN(C)C4)c3)cc2c1. The number of aryl methyl sites for hydroxylation is 2. The predicted octanol–water partition coefficient (Wildman–Crippen LogP) is 3.45. The van der Waals surface area contributed by atoms with E-state index in [0.717, 1.165) is 40.9 Å². The number of fused-ring (bicyclic) bond motifs is 1. The normalized spacial score (nSPS) is 17.0. The number of aromatic amines is 1. The van der Waals surface area contributed by atoms with Crippen LogP contribution in [0.3, 0.4) is 0 Å². The summed E-state index contributed by atoms with van der Waals surface area (Å²) in [6, 6.07) is 13.9. The first kappa shape index (κ1) is 22.5. The van der Waals surface area contributed by atoms with Crippen LogP contribution >= 0.6 is 0 Å². The van der Waals surface area contributed by atoms with Gasteiger partial charge in [0.05, 0.1) is 10.6 Å². The van der Waals surface area contributed by atoms with Crippen LogP contribution in [0.25, 0.3) is 33.2 Å². The molecule has 2 N–H and O–H groups in total. The Labute approximate surface area is 197 Å². The fourth-order valence-corrected chi connectivity index (χ4v) is 5.93. The van der Waals surface area contributed by atoms with Crippen LogP contribution in [0.4, 0.5) is 0 Å². The molecule has 0 spiro atoms. The molecule has 1 fully saturated rings. The van der Waals surface area contributed by atoms with Gasteiger partial charge in [-0.3, -0.25) is 4.79 Å². The molecule has 0 saturated carbocycles. The lowest BCUT2D eigenvalue weighted by atomic mass is 10.00. The number of rotatable bonds is 5. The zero-order valence-electron chi connectivity index (χ0n) is 19.3. The van der Waals surface area contributed by atoms with Crippen LogP contribution in [0.1, 0.15) is 17.9 Å². The van der Waals surface area contributed by atoms with Gasteiger partial charge in [0.2, 0.25) is 10.0 Å². The van der Waals surface area contributed by atoms with Gasteiger partial charge in [-0.05, 0) is 80.7 Å². The molecule has 1 aliphatic rings. The Morgan fingerprint density at radius 2 is 1.94 bits per heavy atom. The second-order valence-electron chi connectivity index (χ2n) is 8.91. The van der Waals surface area contributed by atoms with Gasteiger partial charge in [-0.15, -0.1) is 0 Å². The Morgan fingerprint density at radius 1 is 1.12 bits per heavy atom. The standard InChI is InChI=1S/C25H26N4O4S/c1-15-24(16(2)33-27-15)18-7-8-23-19(11-18)13-22(25(30)26-23)17-5-4-6-21(12-17)34(31,32)28-20-9-10-29(3)14-20/h4-8,11-13,20,28H,9-10,14H2,1-3H3,(H,26,30). The summed E-state index contributed by atoms with van der Waals surface area (Å²) in [5, 5.41) is 4.85. The van der Waals surface area contributed by atoms with Crippen LogP contribution in [0.15, 0.2) is 62.7 Å². The molecule has 8 nitrogen and oxygen atoms in total. The molecule has 4 aromatic rings. The van der Waals surface area contributed by atoms with Gasteiger partial charge in [0.1, 0.15) is 5.76 Å². The minimum atomic E-state index is -3.71. The summed E-state index contributed by atoms with van der Waals surface area (Å²) in [4.78, 5) is 18.0. The smallest absolute Gasteiger partial charge is 0.256 e. The fraction of sp³-hybridized carbons (Fsp3) is 0.280. The molecule has 0 bridgehead atoms. The maximum Gasteiger partial charge on any atom is 0.256 e. The van der Waals surface area contributed by atoms with Gasteiger partial charge in [0.25, 0.3) is 5.56 Å². The van der Waals surface area contributed by atoms with E-state index in [4.69, 9.17) is 4.52 Å². The third-order valence-corrected chi connectivity index (χ3v) is 7.85. The summed E-state index contributed by atoms with van der Waals surface area (Å²) in [6.45, 7) is 5.28. The molecule has 1 unspecified atom stereocenters. The van der Waals surface area contributed by atoms with Crippen molar-refractivity contribution < 1.29 is 12.9 Å². The number of benzene rings is 2. The number of sulfonamides is 1. The number of hydrogen-bond donors (Lipinski definition) is 2. The number of likely N-dealkylation sites (tertiary alicyclic amines) is 1. The molecule has 9 heteroatoms. The van der Waals surface area contributed by atoms with E-state index < -0.39 is 10.0 Å². The van der Waals surface area contributed by atoms with Crippen LogP contribution < -0.4 is 10.3 Å². The van der Waals surface area contributed by atoms with Gasteiger partial charge < -0.3 is 14.4 Å². The van der Waals surface area contributed by atoms with Crippen molar-refractivity contribution in [1.82, 2.24) is 19.8 Å². The fourth-order valence-electron chi connectivity index (χ4n) is 4.62. The monoisotopic (exact) mass is 478 g/mol. The molecule has 3 heterocycles. The number of likely N-dealkylation sites (N-methyl/N-ethyl adjacent to an activating group) is 1. The minimum Gasteiger partial charge on any atom is -0.361 e. The zero-order valence-corrected chi connectivity index (χ0v) is 20.1. The largest absolute Gasteiger partial charge is 0.361 e. The number of hydrogen-bond acceptors (Lipinski definition) is 6. The van der Waals surface area contributed by atoms with Crippen LogP contribution in [0.5, 0.6) is 0 Å². The number of nitrogens with one attached hydrogen (secondary N) is 2. The van der Waals surface area contributed by atoms with Crippen molar-refractivity contribution in [2.24, 2.45) is 0 Å². The summed E-state index contributed by atoms with van der Waals surface area (Å²) in [5.74, 6) is 0.723. The topological polar surface area (TPSA) is 108 Å². The summed E-state index contributed by atoms with van der Waals surface area (Å²) in [5.41, 5.74) is 4.01. The Hall–Kier alpha value is -3.27. The lowest BCUT2D eigenvalue weighted by Gasteiger charge is -2.14. The summed E-state index contributed by atoms with van der Waals surface area (Å²) in [6.07, 6.45) is 0.771. The quantitative estimate of drug-likeness (QED) is 0.455. The van der Waals surface area contributed by atoms with E-state index in [1.807, 2.05) is 39.1 Å². The van der Waals surface area contributed by atoms with E-state index in [9.17, 15) is 13.2 Å². The summed E-state index contributed by atoms with van der Waals surface area (Å²) < 4.78 is 34.1. The average Bonchev–Trinajstić information content (AvgIpc) is 3.36. The lowest BCUT2D eigenvalue weighted by Crippen LogP contribution is -2.36. The maximum atomic E-state index is 13.0. The van der Waals surface area contributed by atoms with Crippen molar-refractivity contribution in [3.05, 3.63) is 70.3 Å². The second-order valence-corrected chi connectivity index (χ2v) is 10.6. The molecule has 176 valence electrons. The van der Waals surface area contributed by atoms with E-state index in [2.05, 4.69) is 19.8 Å². The van der Waals surface area contributed by atoms with E-state index in [0.29, 0.717) is 23.2 Å². The molecule has 2 aromatic heterocycles. The van der Waals surface area contributed by atoms with Crippen molar-refractivity contribution in [3.63, 3.8) is 0 Å². The van der Waals surface area contributed by atoms with Crippen molar-refractivity contribution in [2.75, 3.05) is 20.1 Å². The molecule has 1 aliphatic heterocycles. The Kier molecular flexibility index (Phi) is 5.63. The predicted molar refractivity (Wildman–Crippen MR) is 131 cm³/mol. The van der Waals surface area contributed by atoms with Crippen LogP contribution in [0, 0.1) is 13.8 Å². The molecule has 1 atom stereocenters. The number of H-pyrrole nitrogens is 1. The molecular formula is C25H26N4O4S. The van der Waals surface area contributed by atoms with E-state index >= 15 is 0 Å².